The summed E-state index contributed by atoms with van der Waals surface area (Å²) in [5, 5.41) is 40.4. The zero-order valence-electron chi connectivity index (χ0n) is 33.5. The van der Waals surface area contributed by atoms with Crippen LogP contribution in [0.2, 0.25) is 0 Å². The minimum absolute atomic E-state index is 0.0454. The first-order chi connectivity index (χ1) is 26.9. The van der Waals surface area contributed by atoms with E-state index in [4.69, 9.17) is 18.9 Å². The van der Waals surface area contributed by atoms with Crippen LogP contribution >= 0.6 is 0 Å². The van der Waals surface area contributed by atoms with Crippen molar-refractivity contribution in [1.29, 1.82) is 0 Å². The van der Waals surface area contributed by atoms with E-state index in [1.165, 1.54) is 26.0 Å². The minimum Gasteiger partial charge on any atom is -0.458 e. The van der Waals surface area contributed by atoms with Gasteiger partial charge in [0.2, 0.25) is 5.91 Å². The second-order valence-electron chi connectivity index (χ2n) is 16.8. The molecule has 0 aromatic heterocycles. The number of rotatable bonds is 12. The van der Waals surface area contributed by atoms with Gasteiger partial charge in [0.15, 0.2) is 11.4 Å². The van der Waals surface area contributed by atoms with Crippen molar-refractivity contribution >= 4 is 29.6 Å². The number of fused-ring (bicyclic) bond motifs is 5. The number of nitrogens with one attached hydrogen (secondary N) is 1. The Balaban J connectivity index is 1.45. The van der Waals surface area contributed by atoms with Gasteiger partial charge in [-0.25, -0.2) is 4.79 Å². The lowest BCUT2D eigenvalue weighted by molar-refractivity contribution is -0.345. The topological polar surface area (TPSA) is 195 Å². The quantitative estimate of drug-likeness (QED) is 0.102. The number of esters is 3. The maximum Gasteiger partial charge on any atom is 0.338 e. The van der Waals surface area contributed by atoms with E-state index in [1.807, 2.05) is 13.0 Å². The predicted molar refractivity (Wildman–Crippen MR) is 205 cm³/mol. The van der Waals surface area contributed by atoms with Crippen molar-refractivity contribution < 1.29 is 58.2 Å². The van der Waals surface area contributed by atoms with Gasteiger partial charge in [-0.2, -0.15) is 0 Å². The highest BCUT2D eigenvalue weighted by Crippen LogP contribution is 2.64. The molecule has 2 saturated carbocycles. The molecule has 3 fully saturated rings. The van der Waals surface area contributed by atoms with E-state index in [2.05, 4.69) is 5.32 Å². The van der Waals surface area contributed by atoms with E-state index in [-0.39, 0.29) is 49.3 Å². The average molecular weight is 790 g/mol. The molecule has 6 rings (SSSR count). The van der Waals surface area contributed by atoms with Crippen LogP contribution in [0.25, 0.3) is 0 Å². The molecule has 4 aliphatic rings. The van der Waals surface area contributed by atoms with Crippen molar-refractivity contribution in [3.63, 3.8) is 0 Å². The average Bonchev–Trinajstić information content (AvgIpc) is 3.16. The molecular formula is C44H55NO12. The largest absolute Gasteiger partial charge is 0.458 e. The maximum atomic E-state index is 14.9. The summed E-state index contributed by atoms with van der Waals surface area (Å²) < 4.78 is 24.4. The van der Waals surface area contributed by atoms with E-state index in [1.54, 1.807) is 63.2 Å². The number of hydrogen-bond acceptors (Lipinski definition) is 12. The minimum atomic E-state index is -2.23. The smallest absolute Gasteiger partial charge is 0.338 e. The number of ketones is 1. The Kier molecular flexibility index (Phi) is 11.9. The van der Waals surface area contributed by atoms with Crippen molar-refractivity contribution in [3.8, 4) is 0 Å². The Morgan fingerprint density at radius 3 is 2.21 bits per heavy atom. The second-order valence-corrected chi connectivity index (χ2v) is 16.8. The summed E-state index contributed by atoms with van der Waals surface area (Å²) in [5.41, 5.74) is -6.24. The molecule has 2 aromatic carbocycles. The molecule has 13 nitrogen and oxygen atoms in total. The zero-order valence-corrected chi connectivity index (χ0v) is 33.5. The third-order valence-electron chi connectivity index (χ3n) is 13.1. The lowest BCUT2D eigenvalue weighted by Gasteiger charge is -2.67. The van der Waals surface area contributed by atoms with Crippen LogP contribution in [0, 0.1) is 16.7 Å². The van der Waals surface area contributed by atoms with Crippen LogP contribution in [0.3, 0.4) is 0 Å². The van der Waals surface area contributed by atoms with Crippen LogP contribution in [-0.4, -0.2) is 93.2 Å². The molecule has 1 aliphatic heterocycles. The molecule has 1 amide bonds. The zero-order chi connectivity index (χ0) is 41.5. The highest BCUT2D eigenvalue weighted by Gasteiger charge is 2.78. The van der Waals surface area contributed by atoms with Crippen LogP contribution in [0.1, 0.15) is 108 Å². The number of benzene rings is 2. The van der Waals surface area contributed by atoms with Crippen LogP contribution < -0.4 is 5.32 Å². The summed E-state index contributed by atoms with van der Waals surface area (Å²) in [4.78, 5) is 68.9. The molecule has 2 bridgehead atoms. The molecule has 57 heavy (non-hydrogen) atoms. The Morgan fingerprint density at radius 2 is 1.61 bits per heavy atom. The molecular weight excluding hydrogens is 734 g/mol. The Bertz CT molecular complexity index is 1900. The fraction of sp³-hybridized carbons (Fsp3) is 0.568. The van der Waals surface area contributed by atoms with Crippen molar-refractivity contribution in [1.82, 2.24) is 5.32 Å². The number of ether oxygens (including phenoxy) is 4. The number of amides is 1. The second kappa shape index (κ2) is 16.1. The standard InChI is InChI=1S/C44H55NO12/c1-7-8-11-20-33(48)45-29(27-16-12-9-13-17-27)21-34(49)55-30-23-44(53)39(56-40(52)28-18-14-10-15-19-28)37-42(6,38(51)36(50)35(25(30)2)41(44,4)5)31(47)22-32-43(37,24-54-32)57-26(3)46/h9-10,12-19,29-32,36-37,39,47,50,53H,7-8,11,20-24H2,1-6H3,(H,45,48). The van der Waals surface area contributed by atoms with Gasteiger partial charge in [0, 0.05) is 31.6 Å². The van der Waals surface area contributed by atoms with Gasteiger partial charge in [0.05, 0.1) is 42.1 Å². The number of Topliss-reactive ketones (excluding diaryl/α,β-unsaturated/α-hetero) is 1. The Hall–Kier alpha value is -4.43. The first-order valence-corrected chi connectivity index (χ1v) is 19.9. The van der Waals surface area contributed by atoms with E-state index in [0.29, 0.717) is 17.6 Å². The van der Waals surface area contributed by atoms with Gasteiger partial charge in [-0.1, -0.05) is 82.1 Å². The molecule has 4 N–H and O–H groups in total. The monoisotopic (exact) mass is 789 g/mol. The fourth-order valence-corrected chi connectivity index (χ4v) is 9.89. The molecule has 3 aliphatic carbocycles. The molecule has 1 saturated heterocycles. The summed E-state index contributed by atoms with van der Waals surface area (Å²) in [6.07, 6.45) is -5.30. The van der Waals surface area contributed by atoms with E-state index >= 15 is 0 Å². The number of unbranched alkanes of at least 4 members (excludes halogenated alkanes) is 2. The molecule has 1 heterocycles. The molecule has 308 valence electrons. The SMILES string of the molecule is CCCCCC(=O)NC(CC(=O)OC1CC2(O)C(OC(=O)c3ccccc3)C3C4(OC(C)=O)COC4CC(O)C3(C)C(=O)C(O)C(=C1C)C2(C)C)c1ccccc1. The lowest BCUT2D eigenvalue weighted by atomic mass is 9.44. The van der Waals surface area contributed by atoms with Crippen LogP contribution in [0.4, 0.5) is 0 Å². The molecule has 2 aromatic rings. The maximum absolute atomic E-state index is 14.9. The molecule has 0 spiro atoms. The van der Waals surface area contributed by atoms with Crippen LogP contribution in [-0.2, 0) is 38.1 Å². The van der Waals surface area contributed by atoms with E-state index in [0.717, 1.165) is 12.8 Å². The van der Waals surface area contributed by atoms with Crippen molar-refractivity contribution in [3.05, 3.63) is 82.9 Å². The normalized spacial score (nSPS) is 33.2. The Labute approximate surface area is 333 Å². The summed E-state index contributed by atoms with van der Waals surface area (Å²) in [6.45, 7) is 9.24. The number of hydrogen-bond donors (Lipinski definition) is 4. The van der Waals surface area contributed by atoms with Crippen LogP contribution in [0.5, 0.6) is 0 Å². The van der Waals surface area contributed by atoms with Gasteiger partial charge in [-0.15, -0.1) is 0 Å². The third kappa shape index (κ3) is 7.32. The first-order valence-electron chi connectivity index (χ1n) is 19.9. The first kappa shape index (κ1) is 42.2. The number of carbonyl (C=O) groups is 5. The van der Waals surface area contributed by atoms with E-state index < -0.39 is 88.2 Å². The summed E-state index contributed by atoms with van der Waals surface area (Å²) in [5.74, 6) is -4.84. The molecule has 10 atom stereocenters. The Morgan fingerprint density at radius 1 is 0.965 bits per heavy atom. The number of carbonyl (C=O) groups excluding carboxylic acids is 5. The summed E-state index contributed by atoms with van der Waals surface area (Å²) in [7, 11) is 0. The van der Waals surface area contributed by atoms with Gasteiger partial charge in [0.25, 0.3) is 0 Å². The van der Waals surface area contributed by atoms with Gasteiger partial charge < -0.3 is 39.6 Å². The highest BCUT2D eigenvalue weighted by molar-refractivity contribution is 5.94. The van der Waals surface area contributed by atoms with Crippen molar-refractivity contribution in [2.24, 2.45) is 16.7 Å². The van der Waals surface area contributed by atoms with Crippen LogP contribution in [0.15, 0.2) is 71.8 Å². The van der Waals surface area contributed by atoms with E-state index in [9.17, 15) is 39.3 Å². The van der Waals surface area contributed by atoms with Gasteiger partial charge >= 0.3 is 17.9 Å². The molecule has 0 radical (unpaired) electrons. The predicted octanol–water partition coefficient (Wildman–Crippen LogP) is 4.46. The van der Waals surface area contributed by atoms with Crippen molar-refractivity contribution in [2.45, 2.75) is 134 Å². The highest BCUT2D eigenvalue weighted by atomic mass is 16.6. The molecule has 13 heteroatoms. The van der Waals surface area contributed by atoms with Gasteiger partial charge in [0.1, 0.15) is 30.0 Å². The summed E-state index contributed by atoms with van der Waals surface area (Å²) >= 11 is 0. The number of aliphatic hydroxyl groups excluding tert-OH is 2. The lowest BCUT2D eigenvalue weighted by Crippen LogP contribution is -2.81. The van der Waals surface area contributed by atoms with Gasteiger partial charge in [-0.3, -0.25) is 19.2 Å². The fourth-order valence-electron chi connectivity index (χ4n) is 9.89. The third-order valence-corrected chi connectivity index (χ3v) is 13.1. The number of aliphatic hydroxyl groups is 3. The summed E-state index contributed by atoms with van der Waals surface area (Å²) in [6, 6.07) is 16.3. The van der Waals surface area contributed by atoms with Crippen molar-refractivity contribution in [2.75, 3.05) is 6.61 Å². The molecule has 10 unspecified atom stereocenters. The van der Waals surface area contributed by atoms with Gasteiger partial charge in [-0.05, 0) is 49.1 Å².